The van der Waals surface area contributed by atoms with Gasteiger partial charge in [0.2, 0.25) is 0 Å². The van der Waals surface area contributed by atoms with Crippen LogP contribution in [0.4, 0.5) is 0 Å². The van der Waals surface area contributed by atoms with E-state index in [4.69, 9.17) is 9.47 Å². The number of pyridine rings is 1. The Labute approximate surface area is 176 Å². The summed E-state index contributed by atoms with van der Waals surface area (Å²) in [5.74, 6) is -0.599. The van der Waals surface area contributed by atoms with Gasteiger partial charge in [0.1, 0.15) is 0 Å². The second-order valence-electron chi connectivity index (χ2n) is 8.15. The Morgan fingerprint density at radius 3 is 2.77 bits per heavy atom. The van der Waals surface area contributed by atoms with Crippen LogP contribution in [0.1, 0.15) is 61.6 Å². The van der Waals surface area contributed by atoms with E-state index in [0.717, 1.165) is 37.1 Å². The molecule has 1 saturated heterocycles. The van der Waals surface area contributed by atoms with E-state index >= 15 is 0 Å². The molecule has 30 heavy (non-hydrogen) atoms. The summed E-state index contributed by atoms with van der Waals surface area (Å²) in [7, 11) is 0. The average molecular weight is 412 g/mol. The van der Waals surface area contributed by atoms with Crippen molar-refractivity contribution in [1.82, 2.24) is 19.7 Å². The SMILES string of the molecule is CC(C)c1cc(C(=O)OCC(=O)N2CCO[C@H]3CCCC[C@@H]32)nn1-c1ccncc1. The zero-order valence-corrected chi connectivity index (χ0v) is 17.5. The van der Waals surface area contributed by atoms with Crippen LogP contribution in [0.15, 0.2) is 30.6 Å². The summed E-state index contributed by atoms with van der Waals surface area (Å²) in [5, 5.41) is 4.43. The second-order valence-corrected chi connectivity index (χ2v) is 8.15. The van der Waals surface area contributed by atoms with Gasteiger partial charge in [-0.25, -0.2) is 9.48 Å². The van der Waals surface area contributed by atoms with Gasteiger partial charge in [-0.2, -0.15) is 5.10 Å². The molecule has 4 rings (SSSR count). The summed E-state index contributed by atoms with van der Waals surface area (Å²) in [4.78, 5) is 31.2. The lowest BCUT2D eigenvalue weighted by molar-refractivity contribution is -0.152. The maximum atomic E-state index is 12.8. The van der Waals surface area contributed by atoms with Gasteiger partial charge in [0, 0.05) is 24.6 Å². The number of ether oxygens (including phenoxy) is 2. The van der Waals surface area contributed by atoms with Crippen LogP contribution in [0.5, 0.6) is 0 Å². The van der Waals surface area contributed by atoms with Crippen molar-refractivity contribution < 1.29 is 19.1 Å². The third kappa shape index (κ3) is 4.23. The van der Waals surface area contributed by atoms with Gasteiger partial charge in [0.15, 0.2) is 12.3 Å². The molecule has 8 nitrogen and oxygen atoms in total. The molecule has 0 N–H and O–H groups in total. The summed E-state index contributed by atoms with van der Waals surface area (Å²) in [6, 6.07) is 5.48. The van der Waals surface area contributed by atoms with Crippen LogP contribution in [0.3, 0.4) is 0 Å². The van der Waals surface area contributed by atoms with E-state index in [2.05, 4.69) is 10.1 Å². The highest BCUT2D eigenvalue weighted by atomic mass is 16.5. The lowest BCUT2D eigenvalue weighted by Gasteiger charge is -2.43. The Kier molecular flexibility index (Phi) is 6.13. The second kappa shape index (κ2) is 8.95. The van der Waals surface area contributed by atoms with Crippen LogP contribution in [0.25, 0.3) is 5.69 Å². The first-order valence-electron chi connectivity index (χ1n) is 10.6. The lowest BCUT2D eigenvalue weighted by atomic mass is 9.90. The molecule has 1 saturated carbocycles. The van der Waals surface area contributed by atoms with Gasteiger partial charge < -0.3 is 14.4 Å². The van der Waals surface area contributed by atoms with Crippen LogP contribution < -0.4 is 0 Å². The monoisotopic (exact) mass is 412 g/mol. The standard InChI is InChI=1S/C22H28N4O4/c1-15(2)19-13-17(24-26(19)16-7-9-23-10-8-16)22(28)30-14-21(27)25-11-12-29-20-6-4-3-5-18(20)25/h7-10,13,15,18,20H,3-6,11-12,14H2,1-2H3/t18-,20-/m0/s1. The van der Waals surface area contributed by atoms with E-state index < -0.39 is 5.97 Å². The summed E-state index contributed by atoms with van der Waals surface area (Å²) in [5.41, 5.74) is 1.90. The van der Waals surface area contributed by atoms with E-state index in [0.29, 0.717) is 13.2 Å². The number of carbonyl (C=O) groups excluding carboxylic acids is 2. The smallest absolute Gasteiger partial charge is 0.359 e. The lowest BCUT2D eigenvalue weighted by Crippen LogP contribution is -2.55. The van der Waals surface area contributed by atoms with Crippen molar-refractivity contribution in [3.05, 3.63) is 42.0 Å². The number of hydrogen-bond acceptors (Lipinski definition) is 6. The molecule has 3 heterocycles. The molecule has 0 radical (unpaired) electrons. The molecule has 0 spiro atoms. The fourth-order valence-electron chi connectivity index (χ4n) is 4.29. The van der Waals surface area contributed by atoms with Crippen LogP contribution in [0, 0.1) is 0 Å². The maximum absolute atomic E-state index is 12.8. The molecule has 2 aliphatic rings. The molecular weight excluding hydrogens is 384 g/mol. The molecule has 0 bridgehead atoms. The largest absolute Gasteiger partial charge is 0.451 e. The van der Waals surface area contributed by atoms with E-state index in [1.165, 1.54) is 0 Å². The minimum atomic E-state index is -0.591. The first-order valence-corrected chi connectivity index (χ1v) is 10.6. The quantitative estimate of drug-likeness (QED) is 0.702. The third-order valence-corrected chi connectivity index (χ3v) is 5.82. The Morgan fingerprint density at radius 1 is 1.23 bits per heavy atom. The minimum absolute atomic E-state index is 0.0946. The molecule has 2 aromatic rings. The molecule has 2 fully saturated rings. The number of carbonyl (C=O) groups is 2. The highest BCUT2D eigenvalue weighted by molar-refractivity contribution is 5.89. The molecule has 8 heteroatoms. The number of aromatic nitrogens is 3. The summed E-state index contributed by atoms with van der Waals surface area (Å²) in [6.07, 6.45) is 7.63. The van der Waals surface area contributed by atoms with E-state index in [1.54, 1.807) is 23.1 Å². The van der Waals surface area contributed by atoms with Gasteiger partial charge in [-0.15, -0.1) is 0 Å². The molecule has 0 aromatic carbocycles. The van der Waals surface area contributed by atoms with Crippen molar-refractivity contribution in [3.63, 3.8) is 0 Å². The molecule has 1 aliphatic carbocycles. The van der Waals surface area contributed by atoms with Gasteiger partial charge >= 0.3 is 5.97 Å². The predicted molar refractivity (Wildman–Crippen MR) is 109 cm³/mol. The number of morpholine rings is 1. The maximum Gasteiger partial charge on any atom is 0.359 e. The van der Waals surface area contributed by atoms with Crippen LogP contribution in [-0.4, -0.2) is 63.4 Å². The normalized spacial score (nSPS) is 21.4. The van der Waals surface area contributed by atoms with Crippen molar-refractivity contribution >= 4 is 11.9 Å². The van der Waals surface area contributed by atoms with Crippen LogP contribution >= 0.6 is 0 Å². The summed E-state index contributed by atoms with van der Waals surface area (Å²) < 4.78 is 12.9. The fraction of sp³-hybridized carbons (Fsp3) is 0.545. The van der Waals surface area contributed by atoms with Gasteiger partial charge in [-0.3, -0.25) is 9.78 Å². The highest BCUT2D eigenvalue weighted by Crippen LogP contribution is 2.28. The molecule has 1 amide bonds. The molecular formula is C22H28N4O4. The Bertz CT molecular complexity index is 894. The van der Waals surface area contributed by atoms with Crippen molar-refractivity contribution in [3.8, 4) is 5.69 Å². The van der Waals surface area contributed by atoms with Gasteiger partial charge in [-0.1, -0.05) is 26.7 Å². The molecule has 2 atom stereocenters. The summed E-state index contributed by atoms with van der Waals surface area (Å²) in [6.45, 7) is 4.88. The highest BCUT2D eigenvalue weighted by Gasteiger charge is 2.37. The topological polar surface area (TPSA) is 86.5 Å². The number of hydrogen-bond donors (Lipinski definition) is 0. The summed E-state index contributed by atoms with van der Waals surface area (Å²) >= 11 is 0. The van der Waals surface area contributed by atoms with Crippen molar-refractivity contribution in [2.75, 3.05) is 19.8 Å². The van der Waals surface area contributed by atoms with Gasteiger partial charge in [-0.05, 0) is 37.0 Å². The van der Waals surface area contributed by atoms with E-state index in [9.17, 15) is 9.59 Å². The zero-order chi connectivity index (χ0) is 21.1. The molecule has 1 aliphatic heterocycles. The molecule has 0 unspecified atom stereocenters. The molecule has 2 aromatic heterocycles. The fourth-order valence-corrected chi connectivity index (χ4v) is 4.29. The molecule has 160 valence electrons. The average Bonchev–Trinajstić information content (AvgIpc) is 3.23. The number of esters is 1. The van der Waals surface area contributed by atoms with Gasteiger partial charge in [0.25, 0.3) is 5.91 Å². The van der Waals surface area contributed by atoms with E-state index in [-0.39, 0.29) is 36.3 Å². The predicted octanol–water partition coefficient (Wildman–Crippen LogP) is 2.72. The van der Waals surface area contributed by atoms with E-state index in [1.807, 2.05) is 30.9 Å². The number of rotatable bonds is 5. The Hall–Kier alpha value is -2.74. The van der Waals surface area contributed by atoms with Crippen LogP contribution in [-0.2, 0) is 14.3 Å². The number of nitrogens with zero attached hydrogens (tertiary/aromatic N) is 4. The Balaban J connectivity index is 1.43. The van der Waals surface area contributed by atoms with Crippen molar-refractivity contribution in [2.24, 2.45) is 0 Å². The first kappa shape index (κ1) is 20.5. The van der Waals surface area contributed by atoms with Crippen molar-refractivity contribution in [1.29, 1.82) is 0 Å². The number of fused-ring (bicyclic) bond motifs is 1. The minimum Gasteiger partial charge on any atom is -0.451 e. The zero-order valence-electron chi connectivity index (χ0n) is 17.5. The number of amides is 1. The van der Waals surface area contributed by atoms with Crippen LogP contribution in [0.2, 0.25) is 0 Å². The van der Waals surface area contributed by atoms with Crippen molar-refractivity contribution in [2.45, 2.75) is 57.6 Å². The Morgan fingerprint density at radius 2 is 2.00 bits per heavy atom. The van der Waals surface area contributed by atoms with Gasteiger partial charge in [0.05, 0.1) is 24.4 Å². The first-order chi connectivity index (χ1) is 14.5. The third-order valence-electron chi connectivity index (χ3n) is 5.82.